The lowest BCUT2D eigenvalue weighted by molar-refractivity contribution is -0.193. The number of nitrogens with one attached hydrogen (secondary N) is 1. The summed E-state index contributed by atoms with van der Waals surface area (Å²) in [6.45, 7) is 0.445. The number of nitrogen functional groups attached to an aromatic ring is 1. The Hall–Kier alpha value is -2.48. The molecule has 25 heavy (non-hydrogen) atoms. The Kier molecular flexibility index (Phi) is 4.71. The third-order valence-electron chi connectivity index (χ3n) is 3.74. The van der Waals surface area contributed by atoms with Gasteiger partial charge in [0.05, 0.1) is 12.9 Å². The van der Waals surface area contributed by atoms with Crippen LogP contribution in [-0.2, 0) is 17.5 Å². The largest absolute Gasteiger partial charge is 0.779 e. The zero-order valence-electron chi connectivity index (χ0n) is 13.3. The number of hydrogen-bond acceptors (Lipinski definition) is 6. The first-order valence-corrected chi connectivity index (χ1v) is 9.39. The molecule has 3 rings (SSSR count). The van der Waals surface area contributed by atoms with Gasteiger partial charge in [-0.15, -0.1) is 0 Å². The van der Waals surface area contributed by atoms with Gasteiger partial charge in [-0.1, -0.05) is 24.3 Å². The molecule has 0 aliphatic rings. The number of aryl methyl sites for hydroxylation is 1. The van der Waals surface area contributed by atoms with E-state index >= 15 is 0 Å². The van der Waals surface area contributed by atoms with E-state index in [9.17, 15) is 14.3 Å². The highest BCUT2D eigenvalue weighted by Gasteiger charge is 2.10. The maximum absolute atomic E-state index is 11.8. The van der Waals surface area contributed by atoms with Gasteiger partial charge in [-0.2, -0.15) is 4.98 Å². The molecule has 0 radical (unpaired) electrons. The number of nitrogens with zero attached hydrogens (tertiary/aromatic N) is 3. The predicted molar refractivity (Wildman–Crippen MR) is 91.1 cm³/mol. The maximum Gasteiger partial charge on any atom is 0.280 e. The molecule has 1 atom stereocenters. The zero-order chi connectivity index (χ0) is 18.0. The van der Waals surface area contributed by atoms with Crippen LogP contribution in [0.15, 0.2) is 35.4 Å². The first kappa shape index (κ1) is 17.3. The molecule has 3 aromatic rings. The van der Waals surface area contributed by atoms with E-state index in [2.05, 4.69) is 15.0 Å². The van der Waals surface area contributed by atoms with E-state index in [0.29, 0.717) is 25.0 Å². The Morgan fingerprint density at radius 3 is 2.88 bits per heavy atom. The topological polar surface area (TPSA) is 150 Å². The van der Waals surface area contributed by atoms with Gasteiger partial charge in [-0.05, 0) is 24.0 Å². The number of nitrogens with two attached hydrogens (primary N) is 1. The molecule has 0 amide bonds. The molecule has 10 heteroatoms. The Balaban J connectivity index is 1.79. The molecule has 0 aliphatic carbocycles. The van der Waals surface area contributed by atoms with Gasteiger partial charge in [0.25, 0.3) is 5.56 Å². The lowest BCUT2D eigenvalue weighted by Crippen LogP contribution is -2.12. The van der Waals surface area contributed by atoms with Gasteiger partial charge in [-0.3, -0.25) is 9.78 Å². The SMILES string of the molecule is Nc1nc2c(ncn2Cc2cccc(CCCP(=O)([O-])O)c2)c(=O)[nH]1. The third kappa shape index (κ3) is 4.33. The van der Waals surface area contributed by atoms with E-state index in [1.807, 2.05) is 24.3 Å². The quantitative estimate of drug-likeness (QED) is 0.531. The van der Waals surface area contributed by atoms with Crippen LogP contribution < -0.4 is 16.2 Å². The minimum absolute atomic E-state index is 0.0269. The summed E-state index contributed by atoms with van der Waals surface area (Å²) in [5.41, 5.74) is 7.73. The fourth-order valence-corrected chi connectivity index (χ4v) is 3.21. The molecule has 2 heterocycles. The number of aromatic nitrogens is 4. The highest BCUT2D eigenvalue weighted by molar-refractivity contribution is 7.50. The molecule has 132 valence electrons. The molecule has 2 aromatic heterocycles. The number of aromatic amines is 1. The Bertz CT molecular complexity index is 1010. The van der Waals surface area contributed by atoms with E-state index in [1.54, 1.807) is 4.57 Å². The highest BCUT2D eigenvalue weighted by Crippen LogP contribution is 2.30. The van der Waals surface area contributed by atoms with Gasteiger partial charge in [0.1, 0.15) is 7.60 Å². The van der Waals surface area contributed by atoms with Crippen molar-refractivity contribution in [3.05, 3.63) is 52.1 Å². The fraction of sp³-hybridized carbons (Fsp3) is 0.267. The van der Waals surface area contributed by atoms with Crippen LogP contribution in [0.5, 0.6) is 0 Å². The van der Waals surface area contributed by atoms with Crippen molar-refractivity contribution in [3.8, 4) is 0 Å². The summed E-state index contributed by atoms with van der Waals surface area (Å²) in [5, 5.41) is 0. The van der Waals surface area contributed by atoms with Gasteiger partial charge in [0.2, 0.25) is 5.95 Å². The molecule has 0 saturated heterocycles. The van der Waals surface area contributed by atoms with E-state index in [0.717, 1.165) is 11.1 Å². The van der Waals surface area contributed by atoms with Crippen LogP contribution in [0, 0.1) is 0 Å². The van der Waals surface area contributed by atoms with Gasteiger partial charge < -0.3 is 24.7 Å². The van der Waals surface area contributed by atoms with Crippen LogP contribution >= 0.6 is 7.60 Å². The van der Waals surface area contributed by atoms with Gasteiger partial charge >= 0.3 is 0 Å². The molecule has 9 nitrogen and oxygen atoms in total. The molecule has 0 fully saturated rings. The number of anilines is 1. The molecule has 0 bridgehead atoms. The van der Waals surface area contributed by atoms with Crippen molar-refractivity contribution in [2.75, 3.05) is 11.9 Å². The van der Waals surface area contributed by atoms with E-state index < -0.39 is 7.60 Å². The summed E-state index contributed by atoms with van der Waals surface area (Å²) in [5.74, 6) is 0.0269. The molecular formula is C15H17N5O4P-. The number of H-pyrrole nitrogens is 1. The number of rotatable bonds is 6. The molecule has 1 unspecified atom stereocenters. The number of hydrogen-bond donors (Lipinski definition) is 3. The minimum atomic E-state index is -4.21. The van der Waals surface area contributed by atoms with E-state index in [4.69, 9.17) is 10.6 Å². The second-order valence-electron chi connectivity index (χ2n) is 5.78. The van der Waals surface area contributed by atoms with Gasteiger partial charge in [0.15, 0.2) is 11.2 Å². The second-order valence-corrected chi connectivity index (χ2v) is 7.50. The summed E-state index contributed by atoms with van der Waals surface area (Å²) in [6.07, 6.45) is 2.17. The van der Waals surface area contributed by atoms with Gasteiger partial charge in [-0.25, -0.2) is 4.98 Å². The second kappa shape index (κ2) is 6.79. The zero-order valence-corrected chi connectivity index (χ0v) is 14.1. The number of fused-ring (bicyclic) bond motifs is 1. The van der Waals surface area contributed by atoms with Crippen molar-refractivity contribution in [2.45, 2.75) is 19.4 Å². The molecular weight excluding hydrogens is 345 g/mol. The number of benzene rings is 1. The van der Waals surface area contributed by atoms with Gasteiger partial charge in [0, 0.05) is 6.16 Å². The van der Waals surface area contributed by atoms with Crippen molar-refractivity contribution in [2.24, 2.45) is 0 Å². The average molecular weight is 362 g/mol. The first-order chi connectivity index (χ1) is 11.8. The summed E-state index contributed by atoms with van der Waals surface area (Å²) in [7, 11) is -4.21. The van der Waals surface area contributed by atoms with Crippen molar-refractivity contribution < 1.29 is 14.4 Å². The predicted octanol–water partition coefficient (Wildman–Crippen LogP) is 0.228. The Morgan fingerprint density at radius 1 is 1.36 bits per heavy atom. The minimum Gasteiger partial charge on any atom is -0.779 e. The smallest absolute Gasteiger partial charge is 0.280 e. The Morgan fingerprint density at radius 2 is 2.12 bits per heavy atom. The van der Waals surface area contributed by atoms with Crippen LogP contribution in [0.4, 0.5) is 5.95 Å². The van der Waals surface area contributed by atoms with Crippen LogP contribution in [-0.4, -0.2) is 30.6 Å². The molecule has 0 spiro atoms. The van der Waals surface area contributed by atoms with E-state index in [-0.39, 0.29) is 23.2 Å². The monoisotopic (exact) mass is 362 g/mol. The molecule has 0 saturated carbocycles. The Labute approximate surface area is 142 Å². The summed E-state index contributed by atoms with van der Waals surface area (Å²) >= 11 is 0. The van der Waals surface area contributed by atoms with Crippen LogP contribution in [0.25, 0.3) is 11.2 Å². The molecule has 0 aliphatic heterocycles. The molecule has 1 aromatic carbocycles. The summed E-state index contributed by atoms with van der Waals surface area (Å²) < 4.78 is 12.5. The third-order valence-corrected chi connectivity index (χ3v) is 4.62. The van der Waals surface area contributed by atoms with Crippen molar-refractivity contribution in [1.82, 2.24) is 19.5 Å². The fourth-order valence-electron chi connectivity index (χ4n) is 2.65. The number of imidazole rings is 1. The highest BCUT2D eigenvalue weighted by atomic mass is 31.2. The summed E-state index contributed by atoms with van der Waals surface area (Å²) in [4.78, 5) is 42.0. The van der Waals surface area contributed by atoms with E-state index in [1.165, 1.54) is 6.33 Å². The lowest BCUT2D eigenvalue weighted by atomic mass is 10.1. The van der Waals surface area contributed by atoms with Crippen LogP contribution in [0.2, 0.25) is 0 Å². The van der Waals surface area contributed by atoms with Crippen LogP contribution in [0.3, 0.4) is 0 Å². The lowest BCUT2D eigenvalue weighted by Gasteiger charge is -2.15. The van der Waals surface area contributed by atoms with Crippen molar-refractivity contribution >= 4 is 24.7 Å². The average Bonchev–Trinajstić information content (AvgIpc) is 2.89. The maximum atomic E-state index is 11.8. The van der Waals surface area contributed by atoms with Crippen LogP contribution in [0.1, 0.15) is 17.5 Å². The first-order valence-electron chi connectivity index (χ1n) is 7.63. The standard InChI is InChI=1S/C15H18N5O4P/c16-15-18-13-12(14(21)19-15)17-9-20(13)8-11-4-1-3-10(7-11)5-2-6-25(22,23)24/h1,3-4,7,9H,2,5-6,8H2,(H2,22,23,24)(H3,16,18,19,21)/p-1. The summed E-state index contributed by atoms with van der Waals surface area (Å²) in [6, 6.07) is 7.61. The van der Waals surface area contributed by atoms with Crippen molar-refractivity contribution in [1.29, 1.82) is 0 Å². The molecule has 4 N–H and O–H groups in total. The normalized spacial score (nSPS) is 13.8. The van der Waals surface area contributed by atoms with Crippen molar-refractivity contribution in [3.63, 3.8) is 0 Å².